The normalized spacial score (nSPS) is 10.6. The molecule has 0 aliphatic carbocycles. The Kier molecular flexibility index (Phi) is 2.67. The predicted molar refractivity (Wildman–Crippen MR) is 63.2 cm³/mol. The number of nitrogens with two attached hydrogens (primary N) is 1. The molecule has 0 saturated heterocycles. The van der Waals surface area contributed by atoms with Gasteiger partial charge in [-0.05, 0) is 41.1 Å². The van der Waals surface area contributed by atoms with Gasteiger partial charge < -0.3 is 5.73 Å². The minimum absolute atomic E-state index is 0.428. The van der Waals surface area contributed by atoms with E-state index in [0.29, 0.717) is 10.8 Å². The SMILES string of the molecule is Cc1c(N)nnn1-c1ccc(Cl)cc1Br. The van der Waals surface area contributed by atoms with Gasteiger partial charge in [0.2, 0.25) is 0 Å². The summed E-state index contributed by atoms with van der Waals surface area (Å²) in [5.74, 6) is 0.428. The molecule has 4 nitrogen and oxygen atoms in total. The Morgan fingerprint density at radius 3 is 2.73 bits per heavy atom. The number of anilines is 1. The van der Waals surface area contributed by atoms with Crippen LogP contribution in [0, 0.1) is 6.92 Å². The topological polar surface area (TPSA) is 56.7 Å². The number of nitrogens with zero attached hydrogens (tertiary/aromatic N) is 3. The molecule has 0 fully saturated rings. The maximum Gasteiger partial charge on any atom is 0.169 e. The lowest BCUT2D eigenvalue weighted by atomic mass is 10.3. The highest BCUT2D eigenvalue weighted by Crippen LogP contribution is 2.25. The predicted octanol–water partition coefficient (Wildman–Crippen LogP) is 2.57. The number of rotatable bonds is 1. The fourth-order valence-corrected chi connectivity index (χ4v) is 2.07. The Labute approximate surface area is 100 Å². The lowest BCUT2D eigenvalue weighted by molar-refractivity contribution is 0.782. The molecule has 78 valence electrons. The third-order valence-electron chi connectivity index (χ3n) is 2.07. The largest absolute Gasteiger partial charge is 0.381 e. The van der Waals surface area contributed by atoms with Gasteiger partial charge in [-0.3, -0.25) is 0 Å². The van der Waals surface area contributed by atoms with E-state index in [1.807, 2.05) is 13.0 Å². The molecule has 0 amide bonds. The van der Waals surface area contributed by atoms with Gasteiger partial charge in [-0.15, -0.1) is 5.10 Å². The van der Waals surface area contributed by atoms with Gasteiger partial charge in [0.05, 0.1) is 11.4 Å². The monoisotopic (exact) mass is 286 g/mol. The Hall–Kier alpha value is -1.07. The summed E-state index contributed by atoms with van der Waals surface area (Å²) in [6.07, 6.45) is 0. The maximum atomic E-state index is 5.85. The standard InChI is InChI=1S/C9H8BrClN4/c1-5-9(12)13-14-15(5)8-3-2-6(11)4-7(8)10/h2-4H,12H2,1H3. The van der Waals surface area contributed by atoms with E-state index >= 15 is 0 Å². The summed E-state index contributed by atoms with van der Waals surface area (Å²) in [4.78, 5) is 0. The first-order valence-corrected chi connectivity index (χ1v) is 5.40. The molecule has 1 aromatic carbocycles. The highest BCUT2D eigenvalue weighted by Gasteiger charge is 2.09. The molecule has 0 aliphatic rings. The Balaban J connectivity index is 2.59. The van der Waals surface area contributed by atoms with Gasteiger partial charge in [0.15, 0.2) is 5.82 Å². The van der Waals surface area contributed by atoms with E-state index in [2.05, 4.69) is 26.2 Å². The molecule has 1 aromatic heterocycles. The van der Waals surface area contributed by atoms with E-state index in [1.54, 1.807) is 16.8 Å². The fourth-order valence-electron chi connectivity index (χ4n) is 1.22. The first kappa shape index (κ1) is 10.4. The lowest BCUT2D eigenvalue weighted by Crippen LogP contribution is -2.00. The van der Waals surface area contributed by atoms with Crippen molar-refractivity contribution in [2.75, 3.05) is 5.73 Å². The lowest BCUT2D eigenvalue weighted by Gasteiger charge is -2.05. The third-order valence-corrected chi connectivity index (χ3v) is 2.94. The highest BCUT2D eigenvalue weighted by molar-refractivity contribution is 9.10. The Morgan fingerprint density at radius 1 is 1.47 bits per heavy atom. The zero-order chi connectivity index (χ0) is 11.0. The maximum absolute atomic E-state index is 5.85. The van der Waals surface area contributed by atoms with Crippen molar-refractivity contribution in [2.45, 2.75) is 6.92 Å². The van der Waals surface area contributed by atoms with E-state index in [-0.39, 0.29) is 0 Å². The second-order valence-electron chi connectivity index (χ2n) is 3.07. The Morgan fingerprint density at radius 2 is 2.20 bits per heavy atom. The van der Waals surface area contributed by atoms with Crippen LogP contribution < -0.4 is 5.73 Å². The first-order chi connectivity index (χ1) is 7.09. The second kappa shape index (κ2) is 3.83. The zero-order valence-corrected chi connectivity index (χ0v) is 10.2. The minimum Gasteiger partial charge on any atom is -0.381 e. The molecule has 0 atom stereocenters. The van der Waals surface area contributed by atoms with Crippen LogP contribution in [0.15, 0.2) is 22.7 Å². The summed E-state index contributed by atoms with van der Waals surface area (Å²) in [6, 6.07) is 5.45. The van der Waals surface area contributed by atoms with Gasteiger partial charge >= 0.3 is 0 Å². The van der Waals surface area contributed by atoms with Gasteiger partial charge in [0, 0.05) is 9.50 Å². The number of halogens is 2. The minimum atomic E-state index is 0.428. The zero-order valence-electron chi connectivity index (χ0n) is 7.91. The van der Waals surface area contributed by atoms with Crippen LogP contribution in [-0.2, 0) is 0 Å². The molecule has 1 heterocycles. The molecule has 0 spiro atoms. The average Bonchev–Trinajstić information content (AvgIpc) is 2.49. The van der Waals surface area contributed by atoms with E-state index in [9.17, 15) is 0 Å². The fraction of sp³-hybridized carbons (Fsp3) is 0.111. The molecule has 0 saturated carbocycles. The van der Waals surface area contributed by atoms with E-state index in [4.69, 9.17) is 17.3 Å². The van der Waals surface area contributed by atoms with Gasteiger partial charge in [-0.25, -0.2) is 4.68 Å². The highest BCUT2D eigenvalue weighted by atomic mass is 79.9. The number of hydrogen-bond acceptors (Lipinski definition) is 3. The molecule has 0 unspecified atom stereocenters. The van der Waals surface area contributed by atoms with E-state index in [0.717, 1.165) is 15.9 Å². The van der Waals surface area contributed by atoms with Crippen molar-refractivity contribution in [1.29, 1.82) is 0 Å². The molecular formula is C9H8BrClN4. The van der Waals surface area contributed by atoms with Crippen molar-refractivity contribution in [2.24, 2.45) is 0 Å². The van der Waals surface area contributed by atoms with Gasteiger partial charge in [0.25, 0.3) is 0 Å². The van der Waals surface area contributed by atoms with Crippen LogP contribution in [0.5, 0.6) is 0 Å². The second-order valence-corrected chi connectivity index (χ2v) is 4.36. The van der Waals surface area contributed by atoms with Crippen LogP contribution >= 0.6 is 27.5 Å². The molecular weight excluding hydrogens is 279 g/mol. The third kappa shape index (κ3) is 1.85. The van der Waals surface area contributed by atoms with Gasteiger partial charge in [-0.1, -0.05) is 16.8 Å². The summed E-state index contributed by atoms with van der Waals surface area (Å²) < 4.78 is 2.51. The molecule has 2 aromatic rings. The number of benzene rings is 1. The molecule has 2 N–H and O–H groups in total. The van der Waals surface area contributed by atoms with Crippen molar-refractivity contribution >= 4 is 33.3 Å². The first-order valence-electron chi connectivity index (χ1n) is 4.23. The van der Waals surface area contributed by atoms with Crippen LogP contribution in [0.3, 0.4) is 0 Å². The van der Waals surface area contributed by atoms with Crippen LogP contribution in [0.2, 0.25) is 5.02 Å². The van der Waals surface area contributed by atoms with Crippen LogP contribution in [0.25, 0.3) is 5.69 Å². The molecule has 15 heavy (non-hydrogen) atoms. The summed E-state index contributed by atoms with van der Waals surface area (Å²) in [6.45, 7) is 1.86. The van der Waals surface area contributed by atoms with Crippen molar-refractivity contribution in [3.05, 3.63) is 33.4 Å². The van der Waals surface area contributed by atoms with Crippen LogP contribution in [0.4, 0.5) is 5.82 Å². The molecule has 6 heteroatoms. The van der Waals surface area contributed by atoms with Crippen molar-refractivity contribution in [3.8, 4) is 5.69 Å². The smallest absolute Gasteiger partial charge is 0.169 e. The number of nitrogen functional groups attached to an aromatic ring is 1. The van der Waals surface area contributed by atoms with E-state index in [1.165, 1.54) is 0 Å². The van der Waals surface area contributed by atoms with Crippen molar-refractivity contribution < 1.29 is 0 Å². The summed E-state index contributed by atoms with van der Waals surface area (Å²) in [5.41, 5.74) is 7.29. The van der Waals surface area contributed by atoms with Crippen LogP contribution in [0.1, 0.15) is 5.69 Å². The quantitative estimate of drug-likeness (QED) is 0.877. The van der Waals surface area contributed by atoms with E-state index < -0.39 is 0 Å². The van der Waals surface area contributed by atoms with Gasteiger partial charge in [0.1, 0.15) is 0 Å². The average molecular weight is 288 g/mol. The molecule has 0 aliphatic heterocycles. The van der Waals surface area contributed by atoms with Crippen LogP contribution in [-0.4, -0.2) is 15.0 Å². The summed E-state index contributed by atoms with van der Waals surface area (Å²) in [5, 5.41) is 8.40. The molecule has 0 bridgehead atoms. The van der Waals surface area contributed by atoms with Crippen molar-refractivity contribution in [3.63, 3.8) is 0 Å². The van der Waals surface area contributed by atoms with Gasteiger partial charge in [-0.2, -0.15) is 0 Å². The summed E-state index contributed by atoms with van der Waals surface area (Å²) in [7, 11) is 0. The summed E-state index contributed by atoms with van der Waals surface area (Å²) >= 11 is 9.26. The number of hydrogen-bond donors (Lipinski definition) is 1. The number of aromatic nitrogens is 3. The Bertz CT molecular complexity index is 509. The molecule has 0 radical (unpaired) electrons. The molecule has 2 rings (SSSR count). The van der Waals surface area contributed by atoms with Crippen molar-refractivity contribution in [1.82, 2.24) is 15.0 Å².